The molecule has 1 saturated heterocycles. The second-order valence-electron chi connectivity index (χ2n) is 5.02. The fraction of sp³-hybridized carbons (Fsp3) is 0.533. The molecular formula is C15H18F3NO3. The molecule has 22 heavy (non-hydrogen) atoms. The van der Waals surface area contributed by atoms with Crippen LogP contribution in [0.3, 0.4) is 0 Å². The van der Waals surface area contributed by atoms with Crippen LogP contribution < -0.4 is 4.90 Å². The van der Waals surface area contributed by atoms with E-state index in [-0.39, 0.29) is 11.6 Å². The number of esters is 1. The third-order valence-electron chi connectivity index (χ3n) is 3.73. The molecule has 7 heteroatoms. The molecule has 1 atom stereocenters. The summed E-state index contributed by atoms with van der Waals surface area (Å²) in [4.78, 5) is 13.8. The highest BCUT2D eigenvalue weighted by molar-refractivity contribution is 5.96. The maximum Gasteiger partial charge on any atom is 0.416 e. The van der Waals surface area contributed by atoms with Crippen LogP contribution in [0.15, 0.2) is 18.2 Å². The number of anilines is 1. The summed E-state index contributed by atoms with van der Waals surface area (Å²) in [7, 11) is 1.15. The van der Waals surface area contributed by atoms with Crippen LogP contribution in [0, 0.1) is 0 Å². The monoisotopic (exact) mass is 317 g/mol. The zero-order chi connectivity index (χ0) is 16.3. The number of hydrogen-bond acceptors (Lipinski definition) is 4. The van der Waals surface area contributed by atoms with Gasteiger partial charge < -0.3 is 14.4 Å². The van der Waals surface area contributed by atoms with Crippen LogP contribution in [0.5, 0.6) is 0 Å². The van der Waals surface area contributed by atoms with Gasteiger partial charge in [0.2, 0.25) is 0 Å². The maximum absolute atomic E-state index is 12.9. The summed E-state index contributed by atoms with van der Waals surface area (Å²) in [5.41, 5.74) is -0.501. The van der Waals surface area contributed by atoms with Crippen LogP contribution in [0.1, 0.15) is 29.3 Å². The first-order chi connectivity index (χ1) is 10.4. The molecule has 0 bridgehead atoms. The van der Waals surface area contributed by atoms with E-state index in [9.17, 15) is 18.0 Å². The van der Waals surface area contributed by atoms with Crippen molar-refractivity contribution < 1.29 is 27.4 Å². The average Bonchev–Trinajstić information content (AvgIpc) is 3.00. The van der Waals surface area contributed by atoms with Gasteiger partial charge in [0, 0.05) is 13.2 Å². The lowest BCUT2D eigenvalue weighted by Gasteiger charge is -2.30. The summed E-state index contributed by atoms with van der Waals surface area (Å²) in [5.74, 6) is -0.779. The van der Waals surface area contributed by atoms with Gasteiger partial charge in [0.15, 0.2) is 0 Å². The van der Waals surface area contributed by atoms with E-state index in [1.807, 2.05) is 11.8 Å². The lowest BCUT2D eigenvalue weighted by Crippen LogP contribution is -2.36. The first kappa shape index (κ1) is 16.6. The summed E-state index contributed by atoms with van der Waals surface area (Å²) < 4.78 is 48.6. The molecule has 0 unspecified atom stereocenters. The topological polar surface area (TPSA) is 38.8 Å². The van der Waals surface area contributed by atoms with Crippen molar-refractivity contribution in [1.29, 1.82) is 0 Å². The Morgan fingerprint density at radius 2 is 2.18 bits per heavy atom. The number of rotatable bonds is 4. The first-order valence-electron chi connectivity index (χ1n) is 7.02. The van der Waals surface area contributed by atoms with Gasteiger partial charge in [-0.05, 0) is 31.5 Å². The van der Waals surface area contributed by atoms with Crippen molar-refractivity contribution in [2.24, 2.45) is 0 Å². The minimum absolute atomic E-state index is 0.0464. The van der Waals surface area contributed by atoms with Gasteiger partial charge >= 0.3 is 12.1 Å². The summed E-state index contributed by atoms with van der Waals surface area (Å²) in [6.45, 7) is 3.55. The van der Waals surface area contributed by atoms with Crippen LogP contribution in [-0.2, 0) is 15.7 Å². The lowest BCUT2D eigenvalue weighted by atomic mass is 10.0. The van der Waals surface area contributed by atoms with Crippen molar-refractivity contribution in [3.63, 3.8) is 0 Å². The fourth-order valence-corrected chi connectivity index (χ4v) is 2.63. The minimum Gasteiger partial charge on any atom is -0.465 e. The van der Waals surface area contributed by atoms with Crippen molar-refractivity contribution in [3.8, 4) is 0 Å². The van der Waals surface area contributed by atoms with Crippen molar-refractivity contribution in [3.05, 3.63) is 29.3 Å². The number of hydrogen-bond donors (Lipinski definition) is 0. The summed E-state index contributed by atoms with van der Waals surface area (Å²) >= 11 is 0. The van der Waals surface area contributed by atoms with Gasteiger partial charge in [-0.1, -0.05) is 0 Å². The second kappa shape index (κ2) is 6.56. The van der Waals surface area contributed by atoms with Crippen LogP contribution in [0.2, 0.25) is 0 Å². The van der Waals surface area contributed by atoms with Gasteiger partial charge in [-0.2, -0.15) is 13.2 Å². The van der Waals surface area contributed by atoms with Gasteiger partial charge in [-0.25, -0.2) is 4.79 Å². The van der Waals surface area contributed by atoms with E-state index >= 15 is 0 Å². The molecule has 1 aliphatic rings. The molecule has 122 valence electrons. The largest absolute Gasteiger partial charge is 0.465 e. The lowest BCUT2D eigenvalue weighted by molar-refractivity contribution is -0.137. The van der Waals surface area contributed by atoms with E-state index in [0.717, 1.165) is 25.7 Å². The molecule has 0 aromatic heterocycles. The molecule has 2 rings (SSSR count). The number of halogens is 3. The number of carbonyl (C=O) groups excluding carboxylic acids is 1. The Balaban J connectivity index is 2.46. The Morgan fingerprint density at radius 1 is 1.45 bits per heavy atom. The number of alkyl halides is 3. The van der Waals surface area contributed by atoms with Gasteiger partial charge in [0.1, 0.15) is 0 Å². The third kappa shape index (κ3) is 3.35. The molecule has 4 nitrogen and oxygen atoms in total. The predicted octanol–water partition coefficient (Wildman–Crippen LogP) is 3.11. The van der Waals surface area contributed by atoms with Gasteiger partial charge in [0.05, 0.1) is 36.6 Å². The number of nitrogens with zero attached hydrogens (tertiary/aromatic N) is 1. The van der Waals surface area contributed by atoms with E-state index in [0.29, 0.717) is 25.4 Å². The zero-order valence-electron chi connectivity index (χ0n) is 12.4. The Bertz CT molecular complexity index is 539. The Labute approximate surface area is 126 Å². The highest BCUT2D eigenvalue weighted by atomic mass is 19.4. The van der Waals surface area contributed by atoms with E-state index in [4.69, 9.17) is 4.74 Å². The number of ether oxygens (including phenoxy) is 2. The number of carbonyl (C=O) groups is 1. The molecule has 1 aromatic carbocycles. The number of likely N-dealkylation sites (N-methyl/N-ethyl adjacent to an activating group) is 1. The fourth-order valence-electron chi connectivity index (χ4n) is 2.63. The quantitative estimate of drug-likeness (QED) is 0.800. The molecular weight excluding hydrogens is 299 g/mol. The molecule has 1 fully saturated rings. The van der Waals surface area contributed by atoms with Gasteiger partial charge in [-0.3, -0.25) is 0 Å². The summed E-state index contributed by atoms with van der Waals surface area (Å²) in [5, 5.41) is 0. The summed E-state index contributed by atoms with van der Waals surface area (Å²) in [6.07, 6.45) is -3.73. The maximum atomic E-state index is 12.9. The van der Waals surface area contributed by atoms with E-state index in [1.54, 1.807) is 0 Å². The smallest absolute Gasteiger partial charge is 0.416 e. The van der Waals surface area contributed by atoms with E-state index in [1.165, 1.54) is 6.07 Å². The van der Waals surface area contributed by atoms with Crippen LogP contribution in [-0.4, -0.2) is 38.9 Å². The van der Waals surface area contributed by atoms with Crippen molar-refractivity contribution in [2.75, 3.05) is 31.8 Å². The zero-order valence-corrected chi connectivity index (χ0v) is 12.4. The molecule has 1 aromatic rings. The molecule has 0 N–H and O–H groups in total. The molecule has 0 aliphatic carbocycles. The average molecular weight is 317 g/mol. The molecule has 0 amide bonds. The first-order valence-corrected chi connectivity index (χ1v) is 7.02. The molecule has 1 heterocycles. The third-order valence-corrected chi connectivity index (χ3v) is 3.73. The van der Waals surface area contributed by atoms with Gasteiger partial charge in [0.25, 0.3) is 0 Å². The number of benzene rings is 1. The molecule has 0 spiro atoms. The Morgan fingerprint density at radius 3 is 2.68 bits per heavy atom. The Kier molecular flexibility index (Phi) is 4.95. The molecule has 0 radical (unpaired) electrons. The minimum atomic E-state index is -4.51. The van der Waals surface area contributed by atoms with Crippen molar-refractivity contribution in [2.45, 2.75) is 25.6 Å². The highest BCUT2D eigenvalue weighted by Crippen LogP contribution is 2.34. The highest BCUT2D eigenvalue weighted by Gasteiger charge is 2.33. The van der Waals surface area contributed by atoms with E-state index in [2.05, 4.69) is 4.74 Å². The SMILES string of the molecule is CCN(c1ccc(C(F)(F)F)cc1C(=O)OC)[C@H]1CCOC1. The predicted molar refractivity (Wildman–Crippen MR) is 75.0 cm³/mol. The Hall–Kier alpha value is -1.76. The normalized spacial score (nSPS) is 18.3. The standard InChI is InChI=1S/C15H18F3NO3/c1-3-19(11-6-7-22-9-11)13-5-4-10(15(16,17)18)8-12(13)14(20)21-2/h4-5,8,11H,3,6-7,9H2,1-2H3/t11-/m0/s1. The van der Waals surface area contributed by atoms with Crippen LogP contribution in [0.4, 0.5) is 18.9 Å². The van der Waals surface area contributed by atoms with Crippen LogP contribution >= 0.6 is 0 Å². The van der Waals surface area contributed by atoms with Crippen LogP contribution in [0.25, 0.3) is 0 Å². The van der Waals surface area contributed by atoms with Crippen molar-refractivity contribution >= 4 is 11.7 Å². The van der Waals surface area contributed by atoms with Crippen molar-refractivity contribution in [1.82, 2.24) is 0 Å². The summed E-state index contributed by atoms with van der Waals surface area (Å²) in [6, 6.07) is 3.21. The van der Waals surface area contributed by atoms with E-state index < -0.39 is 17.7 Å². The molecule has 1 aliphatic heterocycles. The van der Waals surface area contributed by atoms with Gasteiger partial charge in [-0.15, -0.1) is 0 Å². The molecule has 0 saturated carbocycles. The number of methoxy groups -OCH3 is 1. The second-order valence-corrected chi connectivity index (χ2v) is 5.02.